The zero-order valence-corrected chi connectivity index (χ0v) is 9.08. The van der Waals surface area contributed by atoms with E-state index in [1.165, 1.54) is 0 Å². The Morgan fingerprint density at radius 1 is 1.56 bits per heavy atom. The number of carboxylic acids is 1. The lowest BCUT2D eigenvalue weighted by molar-refractivity contribution is -0.131. The number of thiazole rings is 1. The fourth-order valence-electron chi connectivity index (χ4n) is 0.982. The lowest BCUT2D eigenvalue weighted by Crippen LogP contribution is -2.14. The molecule has 0 radical (unpaired) electrons. The van der Waals surface area contributed by atoms with Crippen LogP contribution in [0.1, 0.15) is 21.8 Å². The molecular weight excluding hydrogens is 245 g/mol. The van der Waals surface area contributed by atoms with Crippen LogP contribution >= 0.6 is 11.3 Å². The molecule has 0 amide bonds. The molecule has 0 spiro atoms. The molecular formula is C8H9F3N2O2S. The van der Waals surface area contributed by atoms with Crippen LogP contribution in [0.15, 0.2) is 0 Å². The summed E-state index contributed by atoms with van der Waals surface area (Å²) < 4.78 is 35.5. The molecule has 0 aromatic carbocycles. The van der Waals surface area contributed by atoms with Crippen LogP contribution in [0.5, 0.6) is 0 Å². The van der Waals surface area contributed by atoms with Crippen LogP contribution in [0.3, 0.4) is 0 Å². The van der Waals surface area contributed by atoms with Gasteiger partial charge in [0.1, 0.15) is 0 Å². The van der Waals surface area contributed by atoms with Crippen molar-refractivity contribution < 1.29 is 23.1 Å². The van der Waals surface area contributed by atoms with Crippen LogP contribution in [-0.4, -0.2) is 28.8 Å². The number of anilines is 1. The molecule has 0 saturated carbocycles. The predicted molar refractivity (Wildman–Crippen MR) is 53.0 cm³/mol. The SMILES string of the molecule is Cc1sc(NCCC(F)(F)F)nc1C(=O)O. The third-order valence-electron chi connectivity index (χ3n) is 1.68. The summed E-state index contributed by atoms with van der Waals surface area (Å²) in [6.07, 6.45) is -5.21. The Morgan fingerprint density at radius 2 is 2.19 bits per heavy atom. The molecule has 16 heavy (non-hydrogen) atoms. The van der Waals surface area contributed by atoms with Gasteiger partial charge in [0.05, 0.1) is 6.42 Å². The number of carboxylic acid groups (broad SMARTS) is 1. The van der Waals surface area contributed by atoms with E-state index in [4.69, 9.17) is 5.11 Å². The molecule has 90 valence electrons. The van der Waals surface area contributed by atoms with Crippen LogP contribution in [0.2, 0.25) is 0 Å². The Labute approximate surface area is 93.1 Å². The molecule has 1 aromatic rings. The number of aryl methyl sites for hydroxylation is 1. The second kappa shape index (κ2) is 4.69. The van der Waals surface area contributed by atoms with Crippen molar-refractivity contribution in [2.24, 2.45) is 0 Å². The molecule has 0 saturated heterocycles. The Kier molecular flexibility index (Phi) is 3.74. The minimum Gasteiger partial charge on any atom is -0.476 e. The van der Waals surface area contributed by atoms with E-state index in [0.717, 1.165) is 11.3 Å². The summed E-state index contributed by atoms with van der Waals surface area (Å²) in [5.41, 5.74) is -0.125. The minimum absolute atomic E-state index is 0.125. The van der Waals surface area contributed by atoms with Gasteiger partial charge in [-0.25, -0.2) is 9.78 Å². The fraction of sp³-hybridized carbons (Fsp3) is 0.500. The number of aromatic carboxylic acids is 1. The average Bonchev–Trinajstić information content (AvgIpc) is 2.44. The molecule has 0 unspecified atom stereocenters. The molecule has 0 aliphatic heterocycles. The summed E-state index contributed by atoms with van der Waals surface area (Å²) in [7, 11) is 0. The van der Waals surface area contributed by atoms with Gasteiger partial charge in [-0.15, -0.1) is 11.3 Å². The van der Waals surface area contributed by atoms with Crippen molar-refractivity contribution in [3.8, 4) is 0 Å². The zero-order chi connectivity index (χ0) is 12.3. The van der Waals surface area contributed by atoms with Crippen LogP contribution < -0.4 is 5.32 Å². The van der Waals surface area contributed by atoms with Crippen LogP contribution in [0, 0.1) is 6.92 Å². The fourth-order valence-corrected chi connectivity index (χ4v) is 1.81. The van der Waals surface area contributed by atoms with Crippen molar-refractivity contribution in [1.29, 1.82) is 0 Å². The van der Waals surface area contributed by atoms with Crippen molar-refractivity contribution >= 4 is 22.4 Å². The molecule has 0 bridgehead atoms. The van der Waals surface area contributed by atoms with Gasteiger partial charge in [0, 0.05) is 11.4 Å². The molecule has 0 aliphatic carbocycles. The molecule has 8 heteroatoms. The van der Waals surface area contributed by atoms with Gasteiger partial charge in [0.25, 0.3) is 0 Å². The number of nitrogens with one attached hydrogen (secondary N) is 1. The minimum atomic E-state index is -4.23. The first-order valence-electron chi connectivity index (χ1n) is 4.31. The molecule has 0 atom stereocenters. The van der Waals surface area contributed by atoms with Crippen LogP contribution in [0.4, 0.5) is 18.3 Å². The molecule has 1 rings (SSSR count). The number of carbonyl (C=O) groups is 1. The Hall–Kier alpha value is -1.31. The van der Waals surface area contributed by atoms with E-state index in [2.05, 4.69) is 10.3 Å². The van der Waals surface area contributed by atoms with Gasteiger partial charge in [0.2, 0.25) is 0 Å². The maximum absolute atomic E-state index is 11.8. The Bertz CT molecular complexity index is 389. The van der Waals surface area contributed by atoms with Crippen molar-refractivity contribution in [3.63, 3.8) is 0 Å². The molecule has 4 nitrogen and oxygen atoms in total. The van der Waals surface area contributed by atoms with Gasteiger partial charge in [-0.2, -0.15) is 13.2 Å². The maximum Gasteiger partial charge on any atom is 0.390 e. The summed E-state index contributed by atoms with van der Waals surface area (Å²) in [4.78, 5) is 14.7. The number of halogens is 3. The number of rotatable bonds is 4. The number of aromatic nitrogens is 1. The number of alkyl halides is 3. The molecule has 2 N–H and O–H groups in total. The van der Waals surface area contributed by atoms with E-state index < -0.39 is 18.6 Å². The molecule has 1 aromatic heterocycles. The van der Waals surface area contributed by atoms with Gasteiger partial charge >= 0.3 is 12.1 Å². The Balaban J connectivity index is 2.56. The summed E-state index contributed by atoms with van der Waals surface area (Å²) >= 11 is 1.02. The first kappa shape index (κ1) is 12.8. The third-order valence-corrected chi connectivity index (χ3v) is 2.61. The van der Waals surface area contributed by atoms with E-state index in [1.807, 2.05) is 0 Å². The second-order valence-electron chi connectivity index (χ2n) is 3.02. The normalized spacial score (nSPS) is 11.5. The smallest absolute Gasteiger partial charge is 0.390 e. The van der Waals surface area contributed by atoms with Gasteiger partial charge < -0.3 is 10.4 Å². The lowest BCUT2D eigenvalue weighted by Gasteiger charge is -2.05. The highest BCUT2D eigenvalue weighted by molar-refractivity contribution is 7.15. The van der Waals surface area contributed by atoms with Gasteiger partial charge in [0.15, 0.2) is 10.8 Å². The summed E-state index contributed by atoms with van der Waals surface area (Å²) in [5, 5.41) is 11.3. The van der Waals surface area contributed by atoms with Crippen molar-refractivity contribution in [1.82, 2.24) is 4.98 Å². The van der Waals surface area contributed by atoms with Crippen molar-refractivity contribution in [3.05, 3.63) is 10.6 Å². The first-order chi connectivity index (χ1) is 7.29. The van der Waals surface area contributed by atoms with Crippen LogP contribution in [-0.2, 0) is 0 Å². The van der Waals surface area contributed by atoms with E-state index >= 15 is 0 Å². The topological polar surface area (TPSA) is 62.2 Å². The van der Waals surface area contributed by atoms with Crippen molar-refractivity contribution in [2.45, 2.75) is 19.5 Å². The first-order valence-corrected chi connectivity index (χ1v) is 5.12. The standard InChI is InChI=1S/C8H9F3N2O2S/c1-4-5(6(14)15)13-7(16-4)12-3-2-8(9,10)11/h2-3H2,1H3,(H,12,13)(H,14,15). The van der Waals surface area contributed by atoms with Gasteiger partial charge in [-0.1, -0.05) is 0 Å². The monoisotopic (exact) mass is 254 g/mol. The van der Waals surface area contributed by atoms with E-state index in [-0.39, 0.29) is 17.4 Å². The molecule has 0 aliphatic rings. The van der Waals surface area contributed by atoms with Crippen molar-refractivity contribution in [2.75, 3.05) is 11.9 Å². The molecule has 1 heterocycles. The van der Waals surface area contributed by atoms with E-state index in [1.54, 1.807) is 6.92 Å². The van der Waals surface area contributed by atoms with E-state index in [9.17, 15) is 18.0 Å². The number of hydrogen-bond acceptors (Lipinski definition) is 4. The zero-order valence-electron chi connectivity index (χ0n) is 8.26. The third kappa shape index (κ3) is 3.69. The second-order valence-corrected chi connectivity index (χ2v) is 4.22. The highest BCUT2D eigenvalue weighted by Crippen LogP contribution is 2.23. The quantitative estimate of drug-likeness (QED) is 0.866. The lowest BCUT2D eigenvalue weighted by atomic mass is 10.4. The summed E-state index contributed by atoms with van der Waals surface area (Å²) in [6, 6.07) is 0. The van der Waals surface area contributed by atoms with Gasteiger partial charge in [-0.3, -0.25) is 0 Å². The average molecular weight is 254 g/mol. The summed E-state index contributed by atoms with van der Waals surface area (Å²) in [6.45, 7) is 1.24. The summed E-state index contributed by atoms with van der Waals surface area (Å²) in [5.74, 6) is -1.18. The maximum atomic E-state index is 11.8. The molecule has 0 fully saturated rings. The highest BCUT2D eigenvalue weighted by atomic mass is 32.1. The Morgan fingerprint density at radius 3 is 2.62 bits per heavy atom. The number of hydrogen-bond donors (Lipinski definition) is 2. The number of nitrogens with zero attached hydrogens (tertiary/aromatic N) is 1. The predicted octanol–water partition coefficient (Wildman–Crippen LogP) is 2.51. The van der Waals surface area contributed by atoms with Gasteiger partial charge in [-0.05, 0) is 6.92 Å². The van der Waals surface area contributed by atoms with Crippen LogP contribution in [0.25, 0.3) is 0 Å². The highest BCUT2D eigenvalue weighted by Gasteiger charge is 2.26. The van der Waals surface area contributed by atoms with E-state index in [0.29, 0.717) is 4.88 Å². The largest absolute Gasteiger partial charge is 0.476 e.